The molecule has 3 rings (SSSR count). The summed E-state index contributed by atoms with van der Waals surface area (Å²) in [6.45, 7) is 5.49. The number of anilines is 1. The normalized spacial score (nSPS) is 22.7. The number of hydrogen-bond acceptors (Lipinski definition) is 2. The Morgan fingerprint density at radius 1 is 1.21 bits per heavy atom. The molecule has 1 aromatic rings. The maximum atomic E-state index is 6.17. The van der Waals surface area contributed by atoms with Crippen LogP contribution in [0.4, 0.5) is 5.69 Å². The van der Waals surface area contributed by atoms with Crippen molar-refractivity contribution in [2.24, 2.45) is 0 Å². The number of aryl methyl sites for hydroxylation is 1. The molecule has 1 spiro atoms. The predicted molar refractivity (Wildman–Crippen MR) is 82.2 cm³/mol. The SMILES string of the molecule is Cc1ccc(Cl)cc1N1CCNC2(CCCCC2)C1. The molecule has 0 bridgehead atoms. The molecule has 2 fully saturated rings. The smallest absolute Gasteiger partial charge is 0.0426 e. The van der Waals surface area contributed by atoms with Crippen LogP contribution in [0.2, 0.25) is 5.02 Å². The van der Waals surface area contributed by atoms with E-state index in [1.54, 1.807) is 0 Å². The van der Waals surface area contributed by atoms with Crippen LogP contribution in [0.25, 0.3) is 0 Å². The van der Waals surface area contributed by atoms with Crippen molar-refractivity contribution in [3.05, 3.63) is 28.8 Å². The van der Waals surface area contributed by atoms with Crippen molar-refractivity contribution in [1.29, 1.82) is 0 Å². The van der Waals surface area contributed by atoms with Gasteiger partial charge in [-0.15, -0.1) is 0 Å². The highest BCUT2D eigenvalue weighted by Gasteiger charge is 2.36. The van der Waals surface area contributed by atoms with Crippen LogP contribution in [0.1, 0.15) is 37.7 Å². The molecular weight excluding hydrogens is 256 g/mol. The molecule has 3 heteroatoms. The molecule has 0 unspecified atom stereocenters. The minimum Gasteiger partial charge on any atom is -0.368 e. The lowest BCUT2D eigenvalue weighted by atomic mass is 9.80. The molecule has 2 nitrogen and oxygen atoms in total. The van der Waals surface area contributed by atoms with Crippen molar-refractivity contribution >= 4 is 17.3 Å². The molecule has 0 atom stereocenters. The molecule has 1 N–H and O–H groups in total. The van der Waals surface area contributed by atoms with E-state index >= 15 is 0 Å². The van der Waals surface area contributed by atoms with Crippen molar-refractivity contribution in [2.75, 3.05) is 24.5 Å². The monoisotopic (exact) mass is 278 g/mol. The molecule has 0 aromatic heterocycles. The van der Waals surface area contributed by atoms with Crippen molar-refractivity contribution in [1.82, 2.24) is 5.32 Å². The first-order valence-electron chi connectivity index (χ1n) is 7.45. The molecule has 104 valence electrons. The molecule has 1 aliphatic carbocycles. The third-order valence-electron chi connectivity index (χ3n) is 4.70. The fourth-order valence-electron chi connectivity index (χ4n) is 3.65. The lowest BCUT2D eigenvalue weighted by molar-refractivity contribution is 0.216. The van der Waals surface area contributed by atoms with Gasteiger partial charge in [0.2, 0.25) is 0 Å². The fraction of sp³-hybridized carbons (Fsp3) is 0.625. The summed E-state index contributed by atoms with van der Waals surface area (Å²) < 4.78 is 0. The largest absolute Gasteiger partial charge is 0.368 e. The number of halogens is 1. The second-order valence-electron chi connectivity index (χ2n) is 6.12. The summed E-state index contributed by atoms with van der Waals surface area (Å²) in [5.41, 5.74) is 3.00. The van der Waals surface area contributed by atoms with Crippen LogP contribution in [0, 0.1) is 6.92 Å². The van der Waals surface area contributed by atoms with Gasteiger partial charge in [0.05, 0.1) is 0 Å². The zero-order valence-electron chi connectivity index (χ0n) is 11.7. The van der Waals surface area contributed by atoms with Crippen LogP contribution >= 0.6 is 11.6 Å². The maximum absolute atomic E-state index is 6.17. The van der Waals surface area contributed by atoms with E-state index in [1.165, 1.54) is 43.4 Å². The van der Waals surface area contributed by atoms with E-state index in [0.717, 1.165) is 24.7 Å². The Morgan fingerprint density at radius 3 is 2.79 bits per heavy atom. The molecule has 1 heterocycles. The lowest BCUT2D eigenvalue weighted by Crippen LogP contribution is -2.61. The predicted octanol–water partition coefficient (Wildman–Crippen LogP) is 3.76. The van der Waals surface area contributed by atoms with Crippen LogP contribution in [0.15, 0.2) is 18.2 Å². The number of nitrogens with one attached hydrogen (secondary N) is 1. The van der Waals surface area contributed by atoms with Gasteiger partial charge >= 0.3 is 0 Å². The van der Waals surface area contributed by atoms with E-state index in [-0.39, 0.29) is 0 Å². The molecule has 1 saturated heterocycles. The van der Waals surface area contributed by atoms with Crippen molar-refractivity contribution < 1.29 is 0 Å². The van der Waals surface area contributed by atoms with Gasteiger partial charge in [-0.2, -0.15) is 0 Å². The Bertz CT molecular complexity index is 447. The molecule has 1 saturated carbocycles. The second kappa shape index (κ2) is 5.34. The summed E-state index contributed by atoms with van der Waals surface area (Å²) in [6, 6.07) is 6.24. The van der Waals surface area contributed by atoms with Crippen LogP contribution in [0.5, 0.6) is 0 Å². The summed E-state index contributed by atoms with van der Waals surface area (Å²) in [5, 5.41) is 4.64. The Hall–Kier alpha value is -0.730. The standard InChI is InChI=1S/C16H23ClN2/c1-13-5-6-14(17)11-15(13)19-10-9-18-16(12-19)7-3-2-4-8-16/h5-6,11,18H,2-4,7-10,12H2,1H3. The second-order valence-corrected chi connectivity index (χ2v) is 6.56. The topological polar surface area (TPSA) is 15.3 Å². The Labute approximate surface area is 121 Å². The Kier molecular flexibility index (Phi) is 3.72. The first-order valence-corrected chi connectivity index (χ1v) is 7.83. The molecule has 1 aliphatic heterocycles. The lowest BCUT2D eigenvalue weighted by Gasteiger charge is -2.47. The van der Waals surface area contributed by atoms with Gasteiger partial charge in [0.15, 0.2) is 0 Å². The van der Waals surface area contributed by atoms with Gasteiger partial charge in [-0.05, 0) is 37.5 Å². The van der Waals surface area contributed by atoms with E-state index in [4.69, 9.17) is 11.6 Å². The van der Waals surface area contributed by atoms with Gasteiger partial charge in [-0.25, -0.2) is 0 Å². The van der Waals surface area contributed by atoms with Crippen LogP contribution in [-0.2, 0) is 0 Å². The fourth-order valence-corrected chi connectivity index (χ4v) is 3.81. The number of piperazine rings is 1. The summed E-state index contributed by atoms with van der Waals surface area (Å²) in [4.78, 5) is 2.53. The maximum Gasteiger partial charge on any atom is 0.0426 e. The number of nitrogens with zero attached hydrogens (tertiary/aromatic N) is 1. The molecule has 2 aliphatic rings. The summed E-state index contributed by atoms with van der Waals surface area (Å²) in [6.07, 6.45) is 6.79. The average molecular weight is 279 g/mol. The van der Waals surface area contributed by atoms with Crippen LogP contribution < -0.4 is 10.2 Å². The van der Waals surface area contributed by atoms with Crippen molar-refractivity contribution in [3.63, 3.8) is 0 Å². The quantitative estimate of drug-likeness (QED) is 0.841. The summed E-state index contributed by atoms with van der Waals surface area (Å²) >= 11 is 6.17. The number of rotatable bonds is 1. The minimum atomic E-state index is 0.352. The van der Waals surface area contributed by atoms with E-state index < -0.39 is 0 Å². The highest BCUT2D eigenvalue weighted by Crippen LogP contribution is 2.33. The molecule has 0 radical (unpaired) electrons. The highest BCUT2D eigenvalue weighted by atomic mass is 35.5. The van der Waals surface area contributed by atoms with Gasteiger partial charge in [-0.3, -0.25) is 0 Å². The molecule has 0 amide bonds. The van der Waals surface area contributed by atoms with Crippen LogP contribution in [-0.4, -0.2) is 25.2 Å². The molecule has 1 aromatic carbocycles. The van der Waals surface area contributed by atoms with Crippen molar-refractivity contribution in [3.8, 4) is 0 Å². The average Bonchev–Trinajstić information content (AvgIpc) is 2.42. The Balaban J connectivity index is 1.82. The van der Waals surface area contributed by atoms with Gasteiger partial charge in [-0.1, -0.05) is 36.9 Å². The van der Waals surface area contributed by atoms with E-state index in [1.807, 2.05) is 6.07 Å². The molecule has 19 heavy (non-hydrogen) atoms. The number of benzene rings is 1. The van der Waals surface area contributed by atoms with Crippen LogP contribution in [0.3, 0.4) is 0 Å². The summed E-state index contributed by atoms with van der Waals surface area (Å²) in [7, 11) is 0. The Morgan fingerprint density at radius 2 is 2.00 bits per heavy atom. The third kappa shape index (κ3) is 2.75. The zero-order valence-corrected chi connectivity index (χ0v) is 12.5. The minimum absolute atomic E-state index is 0.352. The summed E-state index contributed by atoms with van der Waals surface area (Å²) in [5.74, 6) is 0. The van der Waals surface area contributed by atoms with E-state index in [2.05, 4.69) is 29.3 Å². The van der Waals surface area contributed by atoms with Gasteiger partial charge in [0.1, 0.15) is 0 Å². The van der Waals surface area contributed by atoms with Gasteiger partial charge in [0, 0.05) is 35.9 Å². The van der Waals surface area contributed by atoms with E-state index in [0.29, 0.717) is 5.54 Å². The van der Waals surface area contributed by atoms with E-state index in [9.17, 15) is 0 Å². The first kappa shape index (κ1) is 13.3. The van der Waals surface area contributed by atoms with Gasteiger partial charge < -0.3 is 10.2 Å². The highest BCUT2D eigenvalue weighted by molar-refractivity contribution is 6.30. The first-order chi connectivity index (χ1) is 9.19. The molecular formula is C16H23ClN2. The van der Waals surface area contributed by atoms with Gasteiger partial charge in [0.25, 0.3) is 0 Å². The van der Waals surface area contributed by atoms with Crippen molar-refractivity contribution in [2.45, 2.75) is 44.6 Å². The third-order valence-corrected chi connectivity index (χ3v) is 4.93. The zero-order chi connectivity index (χ0) is 13.3. The number of hydrogen-bond donors (Lipinski definition) is 1.